The van der Waals surface area contributed by atoms with Gasteiger partial charge in [0.1, 0.15) is 11.5 Å². The average molecular weight is 298 g/mol. The number of nitrogens with zero attached hydrogens (tertiary/aromatic N) is 1. The molecule has 0 bridgehead atoms. The molecule has 1 aromatic heterocycles. The van der Waals surface area contributed by atoms with Gasteiger partial charge in [-0.25, -0.2) is 4.79 Å². The first-order valence-electron chi connectivity index (χ1n) is 7.10. The second kappa shape index (κ2) is 6.88. The Morgan fingerprint density at radius 3 is 2.75 bits per heavy atom. The molecule has 0 saturated carbocycles. The molecule has 0 aliphatic carbocycles. The minimum atomic E-state index is -0.425. The van der Waals surface area contributed by atoms with E-state index in [1.165, 1.54) is 4.57 Å². The summed E-state index contributed by atoms with van der Waals surface area (Å²) in [6, 6.07) is 0.261. The van der Waals surface area contributed by atoms with Crippen LogP contribution in [0.4, 0.5) is 11.5 Å². The molecule has 112 valence electrons. The van der Waals surface area contributed by atoms with Gasteiger partial charge in [0.25, 0.3) is 5.56 Å². The molecular weight excluding hydrogens is 276 g/mol. The smallest absolute Gasteiger partial charge is 0.330 e. The first-order valence-corrected chi connectivity index (χ1v) is 8.25. The van der Waals surface area contributed by atoms with E-state index >= 15 is 0 Å². The third-order valence-corrected chi connectivity index (χ3v) is 4.59. The van der Waals surface area contributed by atoms with E-state index in [-0.39, 0.29) is 11.9 Å². The molecule has 1 aliphatic rings. The van der Waals surface area contributed by atoms with Gasteiger partial charge in [-0.1, -0.05) is 13.3 Å². The number of nitrogens with one attached hydrogen (secondary N) is 2. The van der Waals surface area contributed by atoms with Gasteiger partial charge in [-0.05, 0) is 30.8 Å². The van der Waals surface area contributed by atoms with Crippen molar-refractivity contribution in [2.24, 2.45) is 0 Å². The summed E-state index contributed by atoms with van der Waals surface area (Å²) in [5.74, 6) is 2.43. The molecule has 0 atom stereocenters. The molecule has 2 heterocycles. The SMILES string of the molecule is CCCCn1c(N)c(NC2CCSCC2)c(=O)[nH]c1=O. The summed E-state index contributed by atoms with van der Waals surface area (Å²) in [5, 5.41) is 3.22. The second-order valence-corrected chi connectivity index (χ2v) is 6.28. The van der Waals surface area contributed by atoms with E-state index in [1.54, 1.807) is 0 Å². The standard InChI is InChI=1S/C13H22N4O2S/c1-2-3-6-17-11(14)10(12(18)16-13(17)19)15-9-4-7-20-8-5-9/h9,15H,2-8,14H2,1H3,(H,16,18,19). The van der Waals surface area contributed by atoms with Crippen LogP contribution in [-0.4, -0.2) is 27.1 Å². The molecular formula is C13H22N4O2S. The van der Waals surface area contributed by atoms with Crippen molar-refractivity contribution in [1.29, 1.82) is 0 Å². The highest BCUT2D eigenvalue weighted by Gasteiger charge is 2.18. The van der Waals surface area contributed by atoms with E-state index in [0.29, 0.717) is 12.2 Å². The number of unbranched alkanes of at least 4 members (excludes halogenated alkanes) is 1. The minimum absolute atomic E-state index is 0.255. The summed E-state index contributed by atoms with van der Waals surface area (Å²) in [7, 11) is 0. The topological polar surface area (TPSA) is 92.9 Å². The fraction of sp³-hybridized carbons (Fsp3) is 0.692. The molecule has 6 nitrogen and oxygen atoms in total. The minimum Gasteiger partial charge on any atom is -0.383 e. The van der Waals surface area contributed by atoms with Crippen LogP contribution in [0.5, 0.6) is 0 Å². The van der Waals surface area contributed by atoms with Crippen molar-refractivity contribution in [3.8, 4) is 0 Å². The largest absolute Gasteiger partial charge is 0.383 e. The predicted octanol–water partition coefficient (Wildman–Crippen LogP) is 1.23. The first-order chi connectivity index (χ1) is 9.63. The lowest BCUT2D eigenvalue weighted by atomic mass is 10.1. The predicted molar refractivity (Wildman–Crippen MR) is 84.6 cm³/mol. The Kier molecular flexibility index (Phi) is 5.17. The molecule has 4 N–H and O–H groups in total. The molecule has 0 aromatic carbocycles. The Hall–Kier alpha value is -1.37. The number of hydrogen-bond donors (Lipinski definition) is 3. The van der Waals surface area contributed by atoms with Crippen molar-refractivity contribution in [3.05, 3.63) is 20.8 Å². The molecule has 0 radical (unpaired) electrons. The van der Waals surface area contributed by atoms with Gasteiger partial charge in [-0.3, -0.25) is 14.3 Å². The van der Waals surface area contributed by atoms with Crippen LogP contribution in [0.3, 0.4) is 0 Å². The fourth-order valence-corrected chi connectivity index (χ4v) is 3.42. The van der Waals surface area contributed by atoms with Gasteiger partial charge >= 0.3 is 5.69 Å². The Labute approximate surface area is 122 Å². The van der Waals surface area contributed by atoms with Crippen LogP contribution in [0.25, 0.3) is 0 Å². The van der Waals surface area contributed by atoms with Gasteiger partial charge in [0.15, 0.2) is 0 Å². The van der Waals surface area contributed by atoms with Gasteiger partial charge < -0.3 is 11.1 Å². The Balaban J connectivity index is 2.26. The van der Waals surface area contributed by atoms with Crippen molar-refractivity contribution < 1.29 is 0 Å². The van der Waals surface area contributed by atoms with E-state index in [1.807, 2.05) is 18.7 Å². The van der Waals surface area contributed by atoms with Gasteiger partial charge in [-0.2, -0.15) is 11.8 Å². The number of nitrogens with two attached hydrogens (primary N) is 1. The lowest BCUT2D eigenvalue weighted by Gasteiger charge is -2.24. The number of nitrogen functional groups attached to an aromatic ring is 1. The monoisotopic (exact) mass is 298 g/mol. The summed E-state index contributed by atoms with van der Waals surface area (Å²) in [6.45, 7) is 2.58. The van der Waals surface area contributed by atoms with E-state index < -0.39 is 11.2 Å². The van der Waals surface area contributed by atoms with Gasteiger partial charge in [0.2, 0.25) is 0 Å². The summed E-state index contributed by atoms with van der Waals surface area (Å²) in [5.41, 5.74) is 5.52. The summed E-state index contributed by atoms with van der Waals surface area (Å²) >= 11 is 1.92. The van der Waals surface area contributed by atoms with Crippen LogP contribution >= 0.6 is 11.8 Å². The number of rotatable bonds is 5. The highest BCUT2D eigenvalue weighted by atomic mass is 32.2. The Morgan fingerprint density at radius 1 is 1.40 bits per heavy atom. The molecule has 1 aromatic rings. The van der Waals surface area contributed by atoms with Crippen LogP contribution in [0.1, 0.15) is 32.6 Å². The number of anilines is 2. The molecule has 2 rings (SSSR count). The van der Waals surface area contributed by atoms with Crippen LogP contribution in [0, 0.1) is 0 Å². The zero-order chi connectivity index (χ0) is 14.5. The molecule has 0 spiro atoms. The molecule has 0 unspecified atom stereocenters. The Morgan fingerprint density at radius 2 is 2.10 bits per heavy atom. The van der Waals surface area contributed by atoms with Crippen LogP contribution in [0.2, 0.25) is 0 Å². The lowest BCUT2D eigenvalue weighted by molar-refractivity contribution is 0.602. The van der Waals surface area contributed by atoms with E-state index in [2.05, 4.69) is 10.3 Å². The summed E-state index contributed by atoms with van der Waals surface area (Å²) < 4.78 is 1.45. The highest BCUT2D eigenvalue weighted by Crippen LogP contribution is 2.21. The van der Waals surface area contributed by atoms with E-state index in [4.69, 9.17) is 5.73 Å². The molecule has 20 heavy (non-hydrogen) atoms. The molecule has 1 fully saturated rings. The van der Waals surface area contributed by atoms with Gasteiger partial charge in [0.05, 0.1) is 0 Å². The first kappa shape index (κ1) is 15.0. The number of aromatic amines is 1. The van der Waals surface area contributed by atoms with Gasteiger partial charge in [0, 0.05) is 12.6 Å². The van der Waals surface area contributed by atoms with Crippen molar-refractivity contribution in [2.45, 2.75) is 45.2 Å². The number of hydrogen-bond acceptors (Lipinski definition) is 5. The zero-order valence-corrected chi connectivity index (χ0v) is 12.6. The molecule has 0 amide bonds. The number of thioether (sulfide) groups is 1. The van der Waals surface area contributed by atoms with Crippen LogP contribution in [-0.2, 0) is 6.54 Å². The third kappa shape index (κ3) is 3.39. The van der Waals surface area contributed by atoms with Crippen molar-refractivity contribution >= 4 is 23.3 Å². The van der Waals surface area contributed by atoms with E-state index in [0.717, 1.165) is 37.2 Å². The number of aromatic nitrogens is 2. The molecule has 1 aliphatic heterocycles. The molecule has 1 saturated heterocycles. The van der Waals surface area contributed by atoms with Crippen molar-refractivity contribution in [1.82, 2.24) is 9.55 Å². The summed E-state index contributed by atoms with van der Waals surface area (Å²) in [6.07, 6.45) is 3.85. The normalized spacial score (nSPS) is 16.2. The zero-order valence-electron chi connectivity index (χ0n) is 11.8. The third-order valence-electron chi connectivity index (χ3n) is 3.54. The molecule has 7 heteroatoms. The van der Waals surface area contributed by atoms with Crippen LogP contribution in [0.15, 0.2) is 9.59 Å². The maximum absolute atomic E-state index is 11.9. The second-order valence-electron chi connectivity index (χ2n) is 5.06. The highest BCUT2D eigenvalue weighted by molar-refractivity contribution is 7.99. The number of H-pyrrole nitrogens is 1. The maximum atomic E-state index is 11.9. The quantitative estimate of drug-likeness (QED) is 0.760. The van der Waals surface area contributed by atoms with Crippen molar-refractivity contribution in [3.63, 3.8) is 0 Å². The Bertz CT molecular complexity index is 560. The maximum Gasteiger partial charge on any atom is 0.330 e. The fourth-order valence-electron chi connectivity index (χ4n) is 2.31. The lowest BCUT2D eigenvalue weighted by Crippen LogP contribution is -2.36. The van der Waals surface area contributed by atoms with E-state index in [9.17, 15) is 9.59 Å². The average Bonchev–Trinajstić information content (AvgIpc) is 2.44. The van der Waals surface area contributed by atoms with Crippen LogP contribution < -0.4 is 22.3 Å². The van der Waals surface area contributed by atoms with Crippen molar-refractivity contribution in [2.75, 3.05) is 22.6 Å². The summed E-state index contributed by atoms with van der Waals surface area (Å²) in [4.78, 5) is 26.1. The van der Waals surface area contributed by atoms with Gasteiger partial charge in [-0.15, -0.1) is 0 Å².